The average molecular weight is 616 g/mol. The van der Waals surface area contributed by atoms with E-state index in [1.54, 1.807) is 35.0 Å². The lowest BCUT2D eigenvalue weighted by atomic mass is 9.96. The molecule has 0 aromatic heterocycles. The average Bonchev–Trinajstić information content (AvgIpc) is 3.08. The summed E-state index contributed by atoms with van der Waals surface area (Å²) in [5.41, 5.74) is 1.82. The van der Waals surface area contributed by atoms with Crippen LogP contribution in [0.1, 0.15) is 51.5 Å². The van der Waals surface area contributed by atoms with Crippen molar-refractivity contribution in [2.45, 2.75) is 70.6 Å². The Kier molecular flexibility index (Phi) is 10.4. The lowest BCUT2D eigenvalue weighted by molar-refractivity contribution is -0.134. The molecule has 4 N–H and O–H groups in total. The number of likely N-dealkylation sites (N-methyl/N-ethyl adjacent to an activating group) is 1. The molecule has 0 unspecified atom stereocenters. The summed E-state index contributed by atoms with van der Waals surface area (Å²) in [4.78, 5) is 43.0. The van der Waals surface area contributed by atoms with Crippen LogP contribution < -0.4 is 20.7 Å². The van der Waals surface area contributed by atoms with E-state index >= 15 is 0 Å². The maximum Gasteiger partial charge on any atom is 0.323 e. The highest BCUT2D eigenvalue weighted by molar-refractivity contribution is 6.06. The molecule has 0 bridgehead atoms. The monoisotopic (exact) mass is 615 g/mol. The zero-order valence-electron chi connectivity index (χ0n) is 26.4. The van der Waals surface area contributed by atoms with Crippen molar-refractivity contribution in [1.29, 1.82) is 0 Å². The molecular weight excluding hydrogens is 570 g/mol. The largest absolute Gasteiger partial charge is 0.488 e. The van der Waals surface area contributed by atoms with Crippen LogP contribution in [-0.2, 0) is 11.2 Å². The molecule has 10 nitrogen and oxygen atoms in total. The molecule has 3 atom stereocenters. The Bertz CT molecular complexity index is 1500. The highest BCUT2D eigenvalue weighted by atomic mass is 16.5. The number of carbonyl (C=O) groups excluding carboxylic acids is 3. The number of aliphatic hydroxyl groups is 1. The minimum atomic E-state index is -0.418. The topological polar surface area (TPSA) is 123 Å². The number of aliphatic hydroxyl groups excluding tert-OH is 1. The van der Waals surface area contributed by atoms with E-state index in [1.807, 2.05) is 56.3 Å². The van der Waals surface area contributed by atoms with Gasteiger partial charge in [0, 0.05) is 42.2 Å². The van der Waals surface area contributed by atoms with Gasteiger partial charge in [0.1, 0.15) is 11.9 Å². The van der Waals surface area contributed by atoms with Crippen LogP contribution in [0.15, 0.2) is 60.7 Å². The first-order chi connectivity index (χ1) is 21.7. The molecule has 1 aliphatic heterocycles. The van der Waals surface area contributed by atoms with E-state index in [0.29, 0.717) is 35.8 Å². The molecule has 0 saturated heterocycles. The van der Waals surface area contributed by atoms with Gasteiger partial charge in [-0.3, -0.25) is 4.79 Å². The van der Waals surface area contributed by atoms with Crippen LogP contribution in [0, 0.1) is 5.92 Å². The molecule has 240 valence electrons. The minimum Gasteiger partial charge on any atom is -0.488 e. The Balaban J connectivity index is 1.35. The molecule has 5 amide bonds. The number of carbonyl (C=O) groups is 3. The quantitative estimate of drug-likeness (QED) is 0.275. The van der Waals surface area contributed by atoms with Crippen molar-refractivity contribution in [1.82, 2.24) is 15.1 Å². The van der Waals surface area contributed by atoms with E-state index in [1.165, 1.54) is 6.42 Å². The Morgan fingerprint density at radius 3 is 2.58 bits per heavy atom. The second-order valence-electron chi connectivity index (χ2n) is 12.5. The third-order valence-electron chi connectivity index (χ3n) is 8.95. The number of nitrogens with zero attached hydrogens (tertiary/aromatic N) is 2. The summed E-state index contributed by atoms with van der Waals surface area (Å²) in [5, 5.41) is 20.9. The molecule has 1 fully saturated rings. The number of benzene rings is 3. The van der Waals surface area contributed by atoms with Gasteiger partial charge in [-0.2, -0.15) is 0 Å². The molecule has 10 heteroatoms. The number of hydrogen-bond donors (Lipinski definition) is 4. The van der Waals surface area contributed by atoms with Crippen molar-refractivity contribution in [3.63, 3.8) is 0 Å². The smallest absolute Gasteiger partial charge is 0.323 e. The van der Waals surface area contributed by atoms with Crippen LogP contribution in [0.3, 0.4) is 0 Å². The Labute approximate surface area is 265 Å². The van der Waals surface area contributed by atoms with Gasteiger partial charge in [0.15, 0.2) is 0 Å². The van der Waals surface area contributed by atoms with E-state index in [4.69, 9.17) is 4.74 Å². The number of rotatable bonds is 7. The van der Waals surface area contributed by atoms with Gasteiger partial charge in [-0.1, -0.05) is 62.6 Å². The van der Waals surface area contributed by atoms with Gasteiger partial charge in [0.05, 0.1) is 31.3 Å². The predicted molar refractivity (Wildman–Crippen MR) is 177 cm³/mol. The summed E-state index contributed by atoms with van der Waals surface area (Å²) < 4.78 is 6.56. The Morgan fingerprint density at radius 2 is 1.80 bits per heavy atom. The van der Waals surface area contributed by atoms with Gasteiger partial charge in [0.25, 0.3) is 0 Å². The van der Waals surface area contributed by atoms with E-state index in [0.717, 1.165) is 36.5 Å². The summed E-state index contributed by atoms with van der Waals surface area (Å²) in [6, 6.07) is 18.1. The first-order valence-corrected chi connectivity index (χ1v) is 16.0. The van der Waals surface area contributed by atoms with Crippen molar-refractivity contribution in [3.05, 3.63) is 66.2 Å². The second-order valence-corrected chi connectivity index (χ2v) is 12.5. The minimum absolute atomic E-state index is 0.0393. The molecule has 2 aliphatic rings. The van der Waals surface area contributed by atoms with E-state index in [2.05, 4.69) is 16.0 Å². The summed E-state index contributed by atoms with van der Waals surface area (Å²) in [6.07, 6.45) is 5.08. The number of nitrogens with one attached hydrogen (secondary N) is 3. The molecule has 3 aromatic carbocycles. The van der Waals surface area contributed by atoms with Crippen molar-refractivity contribution in [3.8, 4) is 5.75 Å². The van der Waals surface area contributed by atoms with Crippen LogP contribution in [0.2, 0.25) is 0 Å². The van der Waals surface area contributed by atoms with Gasteiger partial charge < -0.3 is 35.6 Å². The zero-order chi connectivity index (χ0) is 31.9. The van der Waals surface area contributed by atoms with Crippen LogP contribution in [0.4, 0.5) is 21.0 Å². The molecule has 5 rings (SSSR count). The van der Waals surface area contributed by atoms with Crippen LogP contribution in [0.5, 0.6) is 5.75 Å². The molecule has 1 aliphatic carbocycles. The highest BCUT2D eigenvalue weighted by Crippen LogP contribution is 2.30. The van der Waals surface area contributed by atoms with Crippen molar-refractivity contribution < 1.29 is 24.2 Å². The van der Waals surface area contributed by atoms with Gasteiger partial charge >= 0.3 is 12.1 Å². The van der Waals surface area contributed by atoms with Gasteiger partial charge in [-0.15, -0.1) is 0 Å². The number of hydrogen-bond acceptors (Lipinski definition) is 5. The van der Waals surface area contributed by atoms with Gasteiger partial charge in [-0.05, 0) is 49.4 Å². The number of fused-ring (bicyclic) bond motifs is 2. The van der Waals surface area contributed by atoms with Crippen molar-refractivity contribution in [2.75, 3.05) is 37.4 Å². The lowest BCUT2D eigenvalue weighted by Gasteiger charge is -2.34. The lowest BCUT2D eigenvalue weighted by Crippen LogP contribution is -2.50. The maximum absolute atomic E-state index is 13.6. The third-order valence-corrected chi connectivity index (χ3v) is 8.95. The van der Waals surface area contributed by atoms with Crippen molar-refractivity contribution >= 4 is 40.1 Å². The zero-order valence-corrected chi connectivity index (χ0v) is 26.4. The fraction of sp³-hybridized carbons (Fsp3) is 0.457. The van der Waals surface area contributed by atoms with Crippen LogP contribution in [-0.4, -0.2) is 77.8 Å². The molecule has 1 heterocycles. The Hall–Kier alpha value is -4.31. The number of anilines is 2. The molecule has 3 aromatic rings. The normalized spacial score (nSPS) is 19.7. The highest BCUT2D eigenvalue weighted by Gasteiger charge is 2.32. The summed E-state index contributed by atoms with van der Waals surface area (Å²) in [6.45, 7) is 4.34. The third kappa shape index (κ3) is 8.05. The van der Waals surface area contributed by atoms with E-state index in [9.17, 15) is 19.5 Å². The van der Waals surface area contributed by atoms with Gasteiger partial charge in [-0.25, -0.2) is 9.59 Å². The Morgan fingerprint density at radius 1 is 1.04 bits per heavy atom. The first kappa shape index (κ1) is 32.1. The summed E-state index contributed by atoms with van der Waals surface area (Å²) in [5.74, 6) is 0.248. The fourth-order valence-electron chi connectivity index (χ4n) is 6.23. The standard InChI is InChI=1S/C35H45N5O5/c1-23-20-40(24(2)22-41)33(42)19-26-18-28(36-34(43)38-30-15-9-11-25-10-7-8-14-29(25)30)16-17-31(26)45-32(23)21-39(3)35(44)37-27-12-5-4-6-13-27/h7-11,14-18,23-24,27,32,41H,4-6,12-13,19-22H2,1-3H3,(H,37,44)(H2,36,38,43)/t23-,24-,32+/m0/s1. The number of ether oxygens (including phenoxy) is 1. The predicted octanol–water partition coefficient (Wildman–Crippen LogP) is 5.61. The SMILES string of the molecule is C[C@H]1CN([C@@H](C)CO)C(=O)Cc2cc(NC(=O)Nc3cccc4ccccc34)ccc2O[C@@H]1CN(C)C(=O)NC1CCCCC1. The molecule has 0 spiro atoms. The van der Waals surface area contributed by atoms with E-state index in [-0.39, 0.29) is 43.0 Å². The fourth-order valence-corrected chi connectivity index (χ4v) is 6.23. The first-order valence-electron chi connectivity index (χ1n) is 16.0. The second kappa shape index (κ2) is 14.6. The van der Waals surface area contributed by atoms with Gasteiger partial charge in [0.2, 0.25) is 5.91 Å². The summed E-state index contributed by atoms with van der Waals surface area (Å²) in [7, 11) is 1.77. The van der Waals surface area contributed by atoms with Crippen LogP contribution in [0.25, 0.3) is 10.8 Å². The molecule has 0 radical (unpaired) electrons. The number of amides is 5. The number of urea groups is 2. The maximum atomic E-state index is 13.6. The molecule has 1 saturated carbocycles. The van der Waals surface area contributed by atoms with Crippen molar-refractivity contribution in [2.24, 2.45) is 5.92 Å². The van der Waals surface area contributed by atoms with Crippen LogP contribution >= 0.6 is 0 Å². The van der Waals surface area contributed by atoms with E-state index < -0.39 is 12.1 Å². The molecular formula is C35H45N5O5. The molecule has 45 heavy (non-hydrogen) atoms. The summed E-state index contributed by atoms with van der Waals surface area (Å²) >= 11 is 0.